The fourth-order valence-electron chi connectivity index (χ4n) is 1.91. The van der Waals surface area contributed by atoms with Crippen LogP contribution in [0, 0.1) is 5.82 Å². The average molecular weight is 275 g/mol. The predicted octanol–water partition coefficient (Wildman–Crippen LogP) is 2.79. The first-order valence-electron chi connectivity index (χ1n) is 5.96. The molecular weight excluding hydrogens is 261 g/mol. The van der Waals surface area contributed by atoms with Crippen LogP contribution in [0.15, 0.2) is 36.9 Å². The fourth-order valence-corrected chi connectivity index (χ4v) is 1.91. The first kappa shape index (κ1) is 13.9. The van der Waals surface area contributed by atoms with Crippen LogP contribution >= 0.6 is 0 Å². The Morgan fingerprint density at radius 3 is 2.55 bits per heavy atom. The lowest BCUT2D eigenvalue weighted by Gasteiger charge is -2.25. The Balaban J connectivity index is 2.46. The predicted molar refractivity (Wildman–Crippen MR) is 71.6 cm³/mol. The first-order valence-corrected chi connectivity index (χ1v) is 5.96. The zero-order valence-corrected chi connectivity index (χ0v) is 11.1. The van der Waals surface area contributed by atoms with Gasteiger partial charge in [0.1, 0.15) is 12.1 Å². The second kappa shape index (κ2) is 5.24. The molecule has 6 heteroatoms. The minimum atomic E-state index is -1.14. The van der Waals surface area contributed by atoms with E-state index < -0.39 is 17.4 Å². The van der Waals surface area contributed by atoms with Gasteiger partial charge in [0, 0.05) is 23.5 Å². The Hall–Kier alpha value is -2.50. The second-order valence-corrected chi connectivity index (χ2v) is 4.88. The number of amides is 1. The first-order chi connectivity index (χ1) is 9.40. The van der Waals surface area contributed by atoms with E-state index in [1.165, 1.54) is 24.8 Å². The summed E-state index contributed by atoms with van der Waals surface area (Å²) in [6.07, 6.45) is 3.24. The van der Waals surface area contributed by atoms with Gasteiger partial charge < -0.3 is 10.4 Å². The summed E-state index contributed by atoms with van der Waals surface area (Å²) in [4.78, 5) is 18.5. The molecule has 0 unspecified atom stereocenters. The molecule has 2 N–H and O–H groups in total. The number of aromatic nitrogens is 2. The van der Waals surface area contributed by atoms with E-state index in [1.807, 2.05) is 0 Å². The van der Waals surface area contributed by atoms with E-state index >= 15 is 0 Å². The quantitative estimate of drug-likeness (QED) is 0.903. The standard InChI is InChI=1S/C14H14FN3O2/c1-14(2,18-13(19)20)10-3-4-12(15)11(5-10)9-6-16-8-17-7-9/h3-8,18H,1-2H3,(H,19,20). The van der Waals surface area contributed by atoms with Gasteiger partial charge in [-0.2, -0.15) is 0 Å². The van der Waals surface area contributed by atoms with Crippen LogP contribution in [0.4, 0.5) is 9.18 Å². The van der Waals surface area contributed by atoms with Crippen molar-refractivity contribution in [3.63, 3.8) is 0 Å². The van der Waals surface area contributed by atoms with Crippen LogP contribution in [0.25, 0.3) is 11.1 Å². The molecule has 0 saturated heterocycles. The number of rotatable bonds is 3. The van der Waals surface area contributed by atoms with Crippen molar-refractivity contribution < 1.29 is 14.3 Å². The zero-order valence-electron chi connectivity index (χ0n) is 11.1. The molecule has 0 atom stereocenters. The molecule has 2 aromatic rings. The van der Waals surface area contributed by atoms with Gasteiger partial charge in [0.25, 0.3) is 0 Å². The van der Waals surface area contributed by atoms with Gasteiger partial charge in [-0.05, 0) is 31.5 Å². The third-order valence-electron chi connectivity index (χ3n) is 2.98. The lowest BCUT2D eigenvalue weighted by atomic mass is 9.91. The number of hydrogen-bond acceptors (Lipinski definition) is 3. The lowest BCUT2D eigenvalue weighted by molar-refractivity contribution is 0.182. The van der Waals surface area contributed by atoms with Crippen molar-refractivity contribution in [2.75, 3.05) is 0 Å². The molecule has 1 heterocycles. The summed E-state index contributed by atoms with van der Waals surface area (Å²) >= 11 is 0. The smallest absolute Gasteiger partial charge is 0.405 e. The summed E-state index contributed by atoms with van der Waals surface area (Å²) in [5.74, 6) is -0.408. The lowest BCUT2D eigenvalue weighted by Crippen LogP contribution is -2.40. The molecular formula is C14H14FN3O2. The monoisotopic (exact) mass is 275 g/mol. The Kier molecular flexibility index (Phi) is 3.65. The number of halogens is 1. The Morgan fingerprint density at radius 1 is 1.30 bits per heavy atom. The van der Waals surface area contributed by atoms with Gasteiger partial charge >= 0.3 is 6.09 Å². The van der Waals surface area contributed by atoms with Crippen molar-refractivity contribution in [1.29, 1.82) is 0 Å². The van der Waals surface area contributed by atoms with E-state index in [9.17, 15) is 9.18 Å². The van der Waals surface area contributed by atoms with E-state index in [0.29, 0.717) is 16.7 Å². The van der Waals surface area contributed by atoms with Gasteiger partial charge in [-0.15, -0.1) is 0 Å². The van der Waals surface area contributed by atoms with Gasteiger partial charge in [-0.1, -0.05) is 6.07 Å². The molecule has 1 amide bonds. The molecule has 0 aliphatic carbocycles. The third kappa shape index (κ3) is 2.90. The summed E-state index contributed by atoms with van der Waals surface area (Å²) in [5, 5.41) is 11.2. The van der Waals surface area contributed by atoms with Crippen LogP contribution in [0.2, 0.25) is 0 Å². The number of carbonyl (C=O) groups is 1. The molecule has 0 aliphatic heterocycles. The molecule has 104 valence electrons. The summed E-state index contributed by atoms with van der Waals surface area (Å²) < 4.78 is 13.9. The van der Waals surface area contributed by atoms with Crippen molar-refractivity contribution in [1.82, 2.24) is 15.3 Å². The van der Waals surface area contributed by atoms with Crippen LogP contribution in [0.5, 0.6) is 0 Å². The van der Waals surface area contributed by atoms with Gasteiger partial charge in [0.15, 0.2) is 0 Å². The minimum Gasteiger partial charge on any atom is -0.465 e. The summed E-state index contributed by atoms with van der Waals surface area (Å²) in [6.45, 7) is 3.42. The molecule has 0 aliphatic rings. The molecule has 0 radical (unpaired) electrons. The van der Waals surface area contributed by atoms with Gasteiger partial charge in [-0.3, -0.25) is 0 Å². The van der Waals surface area contributed by atoms with Crippen LogP contribution in [0.1, 0.15) is 19.4 Å². The molecule has 0 spiro atoms. The number of hydrogen-bond donors (Lipinski definition) is 2. The van der Waals surface area contributed by atoms with E-state index in [1.54, 1.807) is 26.0 Å². The van der Waals surface area contributed by atoms with Crippen LogP contribution in [-0.2, 0) is 5.54 Å². The highest BCUT2D eigenvalue weighted by atomic mass is 19.1. The van der Waals surface area contributed by atoms with Crippen molar-refractivity contribution >= 4 is 6.09 Å². The van der Waals surface area contributed by atoms with Gasteiger partial charge in [0.05, 0.1) is 5.54 Å². The van der Waals surface area contributed by atoms with Crippen LogP contribution < -0.4 is 5.32 Å². The topological polar surface area (TPSA) is 75.1 Å². The highest BCUT2D eigenvalue weighted by Crippen LogP contribution is 2.28. The molecule has 0 fully saturated rings. The normalized spacial score (nSPS) is 11.2. The Morgan fingerprint density at radius 2 is 1.95 bits per heavy atom. The molecule has 2 rings (SSSR count). The SMILES string of the molecule is CC(C)(NC(=O)O)c1ccc(F)c(-c2cncnc2)c1. The van der Waals surface area contributed by atoms with E-state index in [4.69, 9.17) is 5.11 Å². The second-order valence-electron chi connectivity index (χ2n) is 4.88. The summed E-state index contributed by atoms with van der Waals surface area (Å²) in [7, 11) is 0. The molecule has 0 saturated carbocycles. The number of nitrogens with one attached hydrogen (secondary N) is 1. The fraction of sp³-hybridized carbons (Fsp3) is 0.214. The van der Waals surface area contributed by atoms with E-state index in [0.717, 1.165) is 0 Å². The number of carboxylic acid groups (broad SMARTS) is 1. The highest BCUT2D eigenvalue weighted by Gasteiger charge is 2.23. The zero-order chi connectivity index (χ0) is 14.8. The van der Waals surface area contributed by atoms with Gasteiger partial charge in [0.2, 0.25) is 0 Å². The third-order valence-corrected chi connectivity index (χ3v) is 2.98. The molecule has 1 aromatic carbocycles. The molecule has 20 heavy (non-hydrogen) atoms. The maximum atomic E-state index is 13.9. The Bertz CT molecular complexity index is 630. The number of nitrogens with zero attached hydrogens (tertiary/aromatic N) is 2. The van der Waals surface area contributed by atoms with E-state index in [-0.39, 0.29) is 0 Å². The molecule has 1 aromatic heterocycles. The van der Waals surface area contributed by atoms with Crippen molar-refractivity contribution in [2.24, 2.45) is 0 Å². The highest BCUT2D eigenvalue weighted by molar-refractivity contribution is 5.67. The average Bonchev–Trinajstić information content (AvgIpc) is 2.38. The number of benzene rings is 1. The van der Waals surface area contributed by atoms with E-state index in [2.05, 4.69) is 15.3 Å². The van der Waals surface area contributed by atoms with Crippen LogP contribution in [0.3, 0.4) is 0 Å². The Labute approximate surface area is 115 Å². The summed E-state index contributed by atoms with van der Waals surface area (Å²) in [6, 6.07) is 4.46. The van der Waals surface area contributed by atoms with Gasteiger partial charge in [-0.25, -0.2) is 19.2 Å². The molecule has 5 nitrogen and oxygen atoms in total. The van der Waals surface area contributed by atoms with Crippen molar-refractivity contribution in [3.05, 3.63) is 48.3 Å². The van der Waals surface area contributed by atoms with Crippen molar-refractivity contribution in [2.45, 2.75) is 19.4 Å². The minimum absolute atomic E-state index is 0.336. The molecule has 0 bridgehead atoms. The van der Waals surface area contributed by atoms with Crippen LogP contribution in [-0.4, -0.2) is 21.2 Å². The largest absolute Gasteiger partial charge is 0.465 e. The maximum Gasteiger partial charge on any atom is 0.405 e. The summed E-state index contributed by atoms with van der Waals surface area (Å²) in [5.41, 5.74) is 0.700. The van der Waals surface area contributed by atoms with Crippen molar-refractivity contribution in [3.8, 4) is 11.1 Å². The maximum absolute atomic E-state index is 13.9.